The van der Waals surface area contributed by atoms with E-state index in [1.807, 2.05) is 18.2 Å². The molecule has 0 saturated heterocycles. The molecule has 0 amide bonds. The van der Waals surface area contributed by atoms with E-state index in [-0.39, 0.29) is 5.97 Å². The van der Waals surface area contributed by atoms with E-state index in [1.165, 1.54) is 7.11 Å². The number of nitrogens with two attached hydrogens (primary N) is 1. The molecule has 0 aliphatic carbocycles. The van der Waals surface area contributed by atoms with E-state index >= 15 is 0 Å². The average Bonchev–Trinajstić information content (AvgIpc) is 2.89. The van der Waals surface area contributed by atoms with Gasteiger partial charge in [0.1, 0.15) is 5.76 Å². The minimum absolute atomic E-state index is 0.385. The van der Waals surface area contributed by atoms with Gasteiger partial charge in [0.25, 0.3) is 0 Å². The smallest absolute Gasteiger partial charge is 0.337 e. The molecular weight excluding hydrogens is 250 g/mol. The van der Waals surface area contributed by atoms with Crippen LogP contribution in [0.3, 0.4) is 0 Å². The van der Waals surface area contributed by atoms with Crippen LogP contribution in [0.1, 0.15) is 16.1 Å². The van der Waals surface area contributed by atoms with Crippen LogP contribution in [0, 0.1) is 0 Å². The molecule has 0 fully saturated rings. The summed E-state index contributed by atoms with van der Waals surface area (Å²) in [6, 6.07) is 8.89. The molecule has 1 aromatic heterocycles. The highest BCUT2D eigenvalue weighted by atomic mass is 32.2. The summed E-state index contributed by atoms with van der Waals surface area (Å²) in [6.45, 7) is 0. The molecule has 2 N–H and O–H groups in total. The van der Waals surface area contributed by atoms with Crippen molar-refractivity contribution >= 4 is 23.4 Å². The number of anilines is 1. The highest BCUT2D eigenvalue weighted by Crippen LogP contribution is 2.29. The number of furan rings is 1. The maximum absolute atomic E-state index is 11.3. The largest absolute Gasteiger partial charge is 0.468 e. The van der Waals surface area contributed by atoms with Gasteiger partial charge >= 0.3 is 5.97 Å². The van der Waals surface area contributed by atoms with Gasteiger partial charge in [-0.25, -0.2) is 4.79 Å². The Morgan fingerprint density at radius 1 is 1.44 bits per heavy atom. The standard InChI is InChI=1S/C13H13NO3S/c1-16-13(15)9-4-5-12(11(14)7-9)18-8-10-3-2-6-17-10/h2-7H,8,14H2,1H3. The predicted octanol–water partition coefficient (Wildman–Crippen LogP) is 2.94. The maximum atomic E-state index is 11.3. The first kappa shape index (κ1) is 12.6. The van der Waals surface area contributed by atoms with E-state index in [0.717, 1.165) is 10.7 Å². The first-order chi connectivity index (χ1) is 8.70. The van der Waals surface area contributed by atoms with Crippen molar-refractivity contribution in [2.75, 3.05) is 12.8 Å². The van der Waals surface area contributed by atoms with Crippen LogP contribution in [0.4, 0.5) is 5.69 Å². The van der Waals surface area contributed by atoms with Crippen molar-refractivity contribution in [3.05, 3.63) is 47.9 Å². The Labute approximate surface area is 109 Å². The first-order valence-corrected chi connectivity index (χ1v) is 6.32. The van der Waals surface area contributed by atoms with Crippen molar-refractivity contribution in [2.45, 2.75) is 10.6 Å². The number of nitrogen functional groups attached to an aromatic ring is 1. The van der Waals surface area contributed by atoms with Crippen molar-refractivity contribution in [1.82, 2.24) is 0 Å². The molecule has 0 aliphatic rings. The lowest BCUT2D eigenvalue weighted by molar-refractivity contribution is 0.0600. The van der Waals surface area contributed by atoms with Gasteiger partial charge in [0.05, 0.1) is 24.7 Å². The molecule has 2 aromatic rings. The van der Waals surface area contributed by atoms with E-state index in [1.54, 1.807) is 30.2 Å². The zero-order valence-electron chi connectivity index (χ0n) is 9.88. The van der Waals surface area contributed by atoms with Crippen LogP contribution in [0.25, 0.3) is 0 Å². The fourth-order valence-electron chi connectivity index (χ4n) is 1.47. The van der Waals surface area contributed by atoms with Gasteiger partial charge in [-0.3, -0.25) is 0 Å². The highest BCUT2D eigenvalue weighted by molar-refractivity contribution is 7.98. The van der Waals surface area contributed by atoms with Crippen LogP contribution in [0.5, 0.6) is 0 Å². The molecule has 0 unspecified atom stereocenters. The van der Waals surface area contributed by atoms with Gasteiger partial charge in [0.2, 0.25) is 0 Å². The lowest BCUT2D eigenvalue weighted by Crippen LogP contribution is -2.02. The van der Waals surface area contributed by atoms with Crippen LogP contribution in [-0.4, -0.2) is 13.1 Å². The maximum Gasteiger partial charge on any atom is 0.337 e. The first-order valence-electron chi connectivity index (χ1n) is 5.33. The zero-order valence-corrected chi connectivity index (χ0v) is 10.7. The number of benzene rings is 1. The molecule has 0 saturated carbocycles. The van der Waals surface area contributed by atoms with Crippen molar-refractivity contribution in [3.8, 4) is 0 Å². The van der Waals surface area contributed by atoms with Gasteiger partial charge in [-0.2, -0.15) is 0 Å². The third-order valence-electron chi connectivity index (χ3n) is 2.38. The third-order valence-corrected chi connectivity index (χ3v) is 3.49. The topological polar surface area (TPSA) is 65.5 Å². The number of methoxy groups -OCH3 is 1. The Hall–Kier alpha value is -1.88. The van der Waals surface area contributed by atoms with Gasteiger partial charge in [-0.15, -0.1) is 11.8 Å². The highest BCUT2D eigenvalue weighted by Gasteiger charge is 2.08. The Balaban J connectivity index is 2.08. The molecule has 4 nitrogen and oxygen atoms in total. The summed E-state index contributed by atoms with van der Waals surface area (Å²) in [4.78, 5) is 12.2. The van der Waals surface area contributed by atoms with E-state index in [9.17, 15) is 4.79 Å². The fourth-order valence-corrected chi connectivity index (χ4v) is 2.32. The molecule has 5 heteroatoms. The summed E-state index contributed by atoms with van der Waals surface area (Å²) in [6.07, 6.45) is 1.64. The van der Waals surface area contributed by atoms with E-state index < -0.39 is 0 Å². The third kappa shape index (κ3) is 2.87. The molecule has 0 aliphatic heterocycles. The second-order valence-electron chi connectivity index (χ2n) is 3.61. The lowest BCUT2D eigenvalue weighted by Gasteiger charge is -2.06. The number of carbonyl (C=O) groups excluding carboxylic acids is 1. The van der Waals surface area contributed by atoms with Crippen LogP contribution >= 0.6 is 11.8 Å². The Morgan fingerprint density at radius 2 is 2.28 bits per heavy atom. The van der Waals surface area contributed by atoms with Crippen LogP contribution < -0.4 is 5.73 Å². The van der Waals surface area contributed by atoms with Crippen molar-refractivity contribution in [3.63, 3.8) is 0 Å². The lowest BCUT2D eigenvalue weighted by atomic mass is 10.2. The quantitative estimate of drug-likeness (QED) is 0.522. The van der Waals surface area contributed by atoms with Gasteiger partial charge in [-0.1, -0.05) is 0 Å². The summed E-state index contributed by atoms with van der Waals surface area (Å²) in [7, 11) is 1.35. The summed E-state index contributed by atoms with van der Waals surface area (Å²) in [5.74, 6) is 1.20. The van der Waals surface area contributed by atoms with Crippen molar-refractivity contribution in [1.29, 1.82) is 0 Å². The van der Waals surface area contributed by atoms with Crippen molar-refractivity contribution in [2.24, 2.45) is 0 Å². The molecule has 18 heavy (non-hydrogen) atoms. The summed E-state index contributed by atoms with van der Waals surface area (Å²) in [5, 5.41) is 0. The van der Waals surface area contributed by atoms with E-state index in [2.05, 4.69) is 4.74 Å². The summed E-state index contributed by atoms with van der Waals surface area (Å²) >= 11 is 1.56. The molecule has 1 aromatic carbocycles. The monoisotopic (exact) mass is 263 g/mol. The normalized spacial score (nSPS) is 10.3. The van der Waals surface area contributed by atoms with E-state index in [4.69, 9.17) is 10.2 Å². The number of esters is 1. The minimum Gasteiger partial charge on any atom is -0.468 e. The SMILES string of the molecule is COC(=O)c1ccc(SCc2ccco2)c(N)c1. The number of ether oxygens (including phenoxy) is 1. The van der Waals surface area contributed by atoms with Crippen LogP contribution in [0.2, 0.25) is 0 Å². The van der Waals surface area contributed by atoms with Crippen LogP contribution in [-0.2, 0) is 10.5 Å². The molecule has 1 heterocycles. The Kier molecular flexibility index (Phi) is 3.94. The second-order valence-corrected chi connectivity index (χ2v) is 4.63. The number of carbonyl (C=O) groups is 1. The van der Waals surface area contributed by atoms with Gasteiger partial charge in [-0.05, 0) is 30.3 Å². The number of thioether (sulfide) groups is 1. The average molecular weight is 263 g/mol. The number of hydrogen-bond acceptors (Lipinski definition) is 5. The number of rotatable bonds is 4. The summed E-state index contributed by atoms with van der Waals surface area (Å²) in [5.41, 5.74) is 6.91. The molecule has 0 spiro atoms. The molecule has 94 valence electrons. The molecule has 0 atom stereocenters. The second kappa shape index (κ2) is 5.64. The van der Waals surface area contributed by atoms with Gasteiger partial charge < -0.3 is 14.9 Å². The van der Waals surface area contributed by atoms with Crippen LogP contribution in [0.15, 0.2) is 45.9 Å². The molecular formula is C13H13NO3S. The van der Waals surface area contributed by atoms with E-state index in [0.29, 0.717) is 17.0 Å². The Bertz CT molecular complexity index is 537. The fraction of sp³-hybridized carbons (Fsp3) is 0.154. The van der Waals surface area contributed by atoms with Crippen molar-refractivity contribution < 1.29 is 13.9 Å². The minimum atomic E-state index is -0.385. The van der Waals surface area contributed by atoms with Gasteiger partial charge in [0.15, 0.2) is 0 Å². The van der Waals surface area contributed by atoms with Gasteiger partial charge in [0, 0.05) is 10.6 Å². The Morgan fingerprint density at radius 3 is 2.89 bits per heavy atom. The molecule has 2 rings (SSSR count). The molecule has 0 radical (unpaired) electrons. The zero-order chi connectivity index (χ0) is 13.0. The molecule has 0 bridgehead atoms. The summed E-state index contributed by atoms with van der Waals surface area (Å²) < 4.78 is 9.87. The number of hydrogen-bond donors (Lipinski definition) is 1. The predicted molar refractivity (Wildman–Crippen MR) is 70.5 cm³/mol.